The number of carbonyl (C=O) groups is 7. The van der Waals surface area contributed by atoms with Gasteiger partial charge in [-0.15, -0.1) is 0 Å². The van der Waals surface area contributed by atoms with Crippen molar-refractivity contribution in [3.8, 4) is 0 Å². The van der Waals surface area contributed by atoms with Crippen molar-refractivity contribution in [1.29, 1.82) is 0 Å². The molecule has 10 N–H and O–H groups in total. The van der Waals surface area contributed by atoms with Crippen LogP contribution in [0.3, 0.4) is 0 Å². The van der Waals surface area contributed by atoms with Gasteiger partial charge in [0.2, 0.25) is 35.4 Å². The number of carbonyl (C=O) groups excluding carboxylic acids is 7. The van der Waals surface area contributed by atoms with Gasteiger partial charge in [0.15, 0.2) is 0 Å². The first-order valence-corrected chi connectivity index (χ1v) is 14.8. The molecule has 3 aliphatic rings. The molecule has 0 aliphatic carbocycles. The highest BCUT2D eigenvalue weighted by atomic mass is 16.3. The summed E-state index contributed by atoms with van der Waals surface area (Å²) >= 11 is 0. The van der Waals surface area contributed by atoms with E-state index in [0.717, 1.165) is 0 Å². The van der Waals surface area contributed by atoms with Gasteiger partial charge in [-0.25, -0.2) is 0 Å². The van der Waals surface area contributed by atoms with Crippen LogP contribution in [0.5, 0.6) is 0 Å². The largest absolute Gasteiger partial charge is 0.457 e. The average Bonchev–Trinajstić information content (AvgIpc) is 3.78. The van der Waals surface area contributed by atoms with Crippen molar-refractivity contribution in [2.24, 2.45) is 5.73 Å². The lowest BCUT2D eigenvalue weighted by molar-refractivity contribution is -0.146. The maximum Gasteiger partial charge on any atom is 0.246 e. The smallest absolute Gasteiger partial charge is 0.246 e. The number of hydrogen-bond donors (Lipinski definition) is 6. The minimum absolute atomic E-state index is 0. The van der Waals surface area contributed by atoms with Crippen LogP contribution in [0.2, 0.25) is 0 Å². The molecule has 0 bridgehead atoms. The molecule has 0 radical (unpaired) electrons. The van der Waals surface area contributed by atoms with Crippen LogP contribution in [-0.2, 0) is 39.0 Å². The number of amides is 6. The summed E-state index contributed by atoms with van der Waals surface area (Å²) in [5.74, 6) is -2.50. The fourth-order valence-corrected chi connectivity index (χ4v) is 5.77. The number of aliphatic hydroxyl groups excluding tert-OH is 1. The molecule has 3 heterocycles. The molecule has 3 saturated heterocycles. The van der Waals surface area contributed by atoms with Crippen molar-refractivity contribution in [2.75, 3.05) is 39.3 Å². The first kappa shape index (κ1) is 36.5. The summed E-state index contributed by atoms with van der Waals surface area (Å²) in [4.78, 5) is 91.0. The van der Waals surface area contributed by atoms with E-state index in [0.29, 0.717) is 64.4 Å². The lowest BCUT2D eigenvalue weighted by Crippen LogP contribution is -2.56. The van der Waals surface area contributed by atoms with Gasteiger partial charge in [0.1, 0.15) is 30.6 Å². The van der Waals surface area contributed by atoms with Crippen LogP contribution >= 0.6 is 0 Å². The Morgan fingerprint density at radius 1 is 0.818 bits per heavy atom. The van der Waals surface area contributed by atoms with Gasteiger partial charge in [-0.3, -0.25) is 34.1 Å². The maximum absolute atomic E-state index is 13.5. The Morgan fingerprint density at radius 2 is 1.36 bits per heavy atom. The van der Waals surface area contributed by atoms with E-state index in [1.807, 2.05) is 0 Å². The molecule has 44 heavy (non-hydrogen) atoms. The van der Waals surface area contributed by atoms with E-state index in [1.165, 1.54) is 21.6 Å². The summed E-state index contributed by atoms with van der Waals surface area (Å²) in [5.41, 5.74) is 5.43. The zero-order chi connectivity index (χ0) is 31.7. The third kappa shape index (κ3) is 9.17. The minimum Gasteiger partial charge on any atom is -0.457 e. The molecule has 17 nitrogen and oxygen atoms in total. The predicted octanol–water partition coefficient (Wildman–Crippen LogP) is -4.77. The van der Waals surface area contributed by atoms with Crippen molar-refractivity contribution in [3.05, 3.63) is 0 Å². The number of aldehydes is 1. The van der Waals surface area contributed by atoms with Crippen LogP contribution in [0.25, 0.3) is 0 Å². The van der Waals surface area contributed by atoms with Crippen molar-refractivity contribution in [3.63, 3.8) is 0 Å². The fourth-order valence-electron chi connectivity index (χ4n) is 5.77. The second-order valence-electron chi connectivity index (χ2n) is 11.2. The average molecular weight is 628 g/mol. The first-order valence-electron chi connectivity index (χ1n) is 14.8. The molecule has 248 valence electrons. The normalized spacial score (nSPS) is 23.3. The Morgan fingerprint density at radius 3 is 1.95 bits per heavy atom. The number of rotatable bonds is 13. The lowest BCUT2D eigenvalue weighted by Gasteiger charge is -2.31. The zero-order valence-electron chi connectivity index (χ0n) is 25.3. The number of likely N-dealkylation sites (tertiary alicyclic amines) is 3. The number of nitrogens with zero attached hydrogens (tertiary/aromatic N) is 3. The second kappa shape index (κ2) is 17.0. The Hall–Kier alpha value is -3.67. The lowest BCUT2D eigenvalue weighted by atomic mass is 10.1. The summed E-state index contributed by atoms with van der Waals surface area (Å²) in [6, 6.07) is -3.67. The van der Waals surface area contributed by atoms with Crippen LogP contribution < -0.4 is 27.0 Å². The third-order valence-electron chi connectivity index (χ3n) is 8.07. The van der Waals surface area contributed by atoms with Crippen LogP contribution in [0.15, 0.2) is 0 Å². The van der Waals surface area contributed by atoms with Gasteiger partial charge in [-0.1, -0.05) is 0 Å². The van der Waals surface area contributed by atoms with Crippen LogP contribution in [0, 0.1) is 0 Å². The monoisotopic (exact) mass is 627 g/mol. The molecule has 3 rings (SSSR count). The molecule has 6 amide bonds. The van der Waals surface area contributed by atoms with Gasteiger partial charge in [-0.05, 0) is 52.4 Å². The molecular formula is C27H47N8O9+. The fraction of sp³-hybridized carbons (Fsp3) is 0.741. The highest BCUT2D eigenvalue weighted by molar-refractivity contribution is 5.94. The van der Waals surface area contributed by atoms with Crippen LogP contribution in [0.4, 0.5) is 0 Å². The summed E-state index contributed by atoms with van der Waals surface area (Å²) in [6.07, 6.45) is 2.49. The quantitative estimate of drug-likeness (QED) is 0.0645. The molecule has 3 aliphatic heterocycles. The summed E-state index contributed by atoms with van der Waals surface area (Å²) in [6.45, 7) is 3.38. The predicted molar refractivity (Wildman–Crippen MR) is 156 cm³/mol. The minimum atomic E-state index is -1.27. The van der Waals surface area contributed by atoms with Gasteiger partial charge >= 0.3 is 0 Å². The zero-order valence-corrected chi connectivity index (χ0v) is 25.3. The van der Waals surface area contributed by atoms with E-state index >= 15 is 0 Å². The third-order valence-corrected chi connectivity index (χ3v) is 8.07. The van der Waals surface area contributed by atoms with Crippen LogP contribution in [-0.4, -0.2) is 137 Å². The van der Waals surface area contributed by atoms with E-state index < -0.39 is 60.1 Å². The van der Waals surface area contributed by atoms with E-state index in [2.05, 4.69) is 21.3 Å². The summed E-state index contributed by atoms with van der Waals surface area (Å²) < 4.78 is 0. The molecule has 0 aromatic heterocycles. The Labute approximate surface area is 255 Å². The summed E-state index contributed by atoms with van der Waals surface area (Å²) in [7, 11) is 0. The number of nitrogens with two attached hydrogens (primary N) is 1. The second-order valence-corrected chi connectivity index (χ2v) is 11.2. The van der Waals surface area contributed by atoms with Crippen molar-refractivity contribution >= 4 is 41.7 Å². The Kier molecular flexibility index (Phi) is 14.1. The summed E-state index contributed by atoms with van der Waals surface area (Å²) in [5, 5.41) is 20.9. The Bertz CT molecular complexity index is 1080. The van der Waals surface area contributed by atoms with Crippen molar-refractivity contribution in [1.82, 2.24) is 36.0 Å². The van der Waals surface area contributed by atoms with E-state index in [1.54, 1.807) is 6.92 Å². The standard InChI is InChI=1S/C27H44N8O8.H2O/c1-16(15-36)31-21(37)13-29-25(41)18-6-4-11-35(18)27(43)20-8-5-10-34(20)23(39)14-30-24(40)17(2)32-26(42)19-7-3-9-33(19)22(38)12-28;/h15-20,24,30,40H,3-14,28H2,1-2H3,(H,29,41)(H,31,37)(H,32,42);1H2/p+1/t16-,17-,18-,19-,20-,24?;/m0./s1. The number of hydrogen-bond acceptors (Lipinski definition) is 10. The maximum atomic E-state index is 13.5. The molecule has 6 atom stereocenters. The van der Waals surface area contributed by atoms with E-state index in [-0.39, 0.29) is 36.9 Å². The molecule has 3 fully saturated rings. The van der Waals surface area contributed by atoms with E-state index in [9.17, 15) is 38.7 Å². The van der Waals surface area contributed by atoms with Gasteiger partial charge in [0.25, 0.3) is 0 Å². The molecule has 0 saturated carbocycles. The molecule has 17 heteroatoms. The van der Waals surface area contributed by atoms with Crippen molar-refractivity contribution in [2.45, 2.75) is 88.8 Å². The van der Waals surface area contributed by atoms with Crippen LogP contribution in [0.1, 0.15) is 52.4 Å². The molecule has 1 unspecified atom stereocenters. The van der Waals surface area contributed by atoms with Crippen molar-refractivity contribution < 1.29 is 44.1 Å². The molecular weight excluding hydrogens is 580 g/mol. The highest BCUT2D eigenvalue weighted by Gasteiger charge is 2.42. The topological polar surface area (TPSA) is 257 Å². The Balaban J connectivity index is 0.00000675. The van der Waals surface area contributed by atoms with Gasteiger partial charge < -0.3 is 51.8 Å². The van der Waals surface area contributed by atoms with Gasteiger partial charge in [0.05, 0.1) is 31.7 Å². The van der Waals surface area contributed by atoms with Gasteiger partial charge in [-0.2, -0.15) is 0 Å². The molecule has 0 aromatic rings. The molecule has 0 aromatic carbocycles. The highest BCUT2D eigenvalue weighted by Crippen LogP contribution is 2.25. The SMILES string of the molecule is C[C@H](NC(=O)[C@@H]1CCCN1C(=O)CN)C(O)NCC(=O)N1CCC[C@H]1C(=O)N1CCC[C@H]1C(=O)NCC(=O)N[C@@H](C)C=O.[OH3+]. The number of nitrogens with one attached hydrogen (secondary N) is 4. The van der Waals surface area contributed by atoms with E-state index in [4.69, 9.17) is 5.73 Å². The molecule has 0 spiro atoms. The van der Waals surface area contributed by atoms with Gasteiger partial charge in [0, 0.05) is 19.6 Å². The first-order chi connectivity index (χ1) is 20.5. The number of aliphatic hydroxyl groups is 1.